The van der Waals surface area contributed by atoms with Crippen molar-refractivity contribution >= 4 is 11.9 Å². The summed E-state index contributed by atoms with van der Waals surface area (Å²) >= 11 is 0. The number of ether oxygens (including phenoxy) is 1. The number of fused-ring (bicyclic) bond motifs is 1. The molecule has 3 aliphatic rings. The zero-order valence-electron chi connectivity index (χ0n) is 12.6. The minimum absolute atomic E-state index is 0.0742. The molecule has 1 aromatic rings. The van der Waals surface area contributed by atoms with E-state index in [4.69, 9.17) is 10.00 Å². The molecule has 6 heteroatoms. The van der Waals surface area contributed by atoms with Crippen LogP contribution in [0, 0.1) is 11.3 Å². The van der Waals surface area contributed by atoms with E-state index in [0.29, 0.717) is 5.56 Å². The highest BCUT2D eigenvalue weighted by Crippen LogP contribution is 2.34. The summed E-state index contributed by atoms with van der Waals surface area (Å²) in [5, 5.41) is 15.8. The number of hydrogen-bond acceptors (Lipinski definition) is 6. The lowest BCUT2D eigenvalue weighted by Crippen LogP contribution is -2.43. The lowest BCUT2D eigenvalue weighted by molar-refractivity contribution is 0.0510. The van der Waals surface area contributed by atoms with Crippen LogP contribution < -0.4 is 10.6 Å². The van der Waals surface area contributed by atoms with Crippen molar-refractivity contribution in [3.05, 3.63) is 53.0 Å². The first-order valence-electron chi connectivity index (χ1n) is 7.69. The van der Waals surface area contributed by atoms with E-state index in [1.54, 1.807) is 6.34 Å². The molecule has 0 bridgehead atoms. The number of nitrogens with one attached hydrogen (secondary N) is 2. The molecule has 1 atom stereocenters. The maximum atomic E-state index is 9.14. The molecule has 1 aromatic carbocycles. The van der Waals surface area contributed by atoms with Gasteiger partial charge in [0.05, 0.1) is 31.2 Å². The summed E-state index contributed by atoms with van der Waals surface area (Å²) in [4.78, 5) is 6.77. The normalized spacial score (nSPS) is 22.8. The van der Waals surface area contributed by atoms with Gasteiger partial charge in [0.1, 0.15) is 12.0 Å². The standard InChI is InChI=1S/C17H17N5O/c18-9-12-2-1-3-13(8-12)14-10-19-16-15(14)17(21-11-20-16)22-4-6-23-7-5-22/h1-3,8,10-11,16,19H,4-7H2,(H,20,21). The fourth-order valence-electron chi connectivity index (χ4n) is 3.14. The van der Waals surface area contributed by atoms with E-state index < -0.39 is 0 Å². The molecule has 0 saturated carbocycles. The van der Waals surface area contributed by atoms with Crippen LogP contribution in [0.25, 0.3) is 5.57 Å². The number of nitrogens with zero attached hydrogens (tertiary/aromatic N) is 3. The van der Waals surface area contributed by atoms with Gasteiger partial charge in [-0.15, -0.1) is 0 Å². The number of rotatable bonds is 2. The molecule has 0 radical (unpaired) electrons. The predicted molar refractivity (Wildman–Crippen MR) is 87.1 cm³/mol. The van der Waals surface area contributed by atoms with Crippen LogP contribution in [0.1, 0.15) is 11.1 Å². The Balaban J connectivity index is 1.75. The molecule has 4 rings (SSSR count). The second-order valence-corrected chi connectivity index (χ2v) is 5.60. The van der Waals surface area contributed by atoms with Crippen molar-refractivity contribution in [1.29, 1.82) is 5.26 Å². The third kappa shape index (κ3) is 2.45. The number of aliphatic imine (C=N–C) groups is 1. The Hall–Kier alpha value is -2.78. The lowest BCUT2D eigenvalue weighted by atomic mass is 9.97. The van der Waals surface area contributed by atoms with Crippen molar-refractivity contribution in [3.8, 4) is 6.07 Å². The summed E-state index contributed by atoms with van der Waals surface area (Å²) < 4.78 is 5.45. The van der Waals surface area contributed by atoms with Gasteiger partial charge in [0.2, 0.25) is 0 Å². The largest absolute Gasteiger partial charge is 0.378 e. The van der Waals surface area contributed by atoms with E-state index in [1.807, 2.05) is 30.5 Å². The molecule has 1 fully saturated rings. The maximum absolute atomic E-state index is 9.14. The molecule has 0 aliphatic carbocycles. The zero-order valence-corrected chi connectivity index (χ0v) is 12.6. The molecule has 0 amide bonds. The Morgan fingerprint density at radius 2 is 2.17 bits per heavy atom. The van der Waals surface area contributed by atoms with E-state index in [0.717, 1.165) is 48.8 Å². The third-order valence-electron chi connectivity index (χ3n) is 4.26. The molecular weight excluding hydrogens is 290 g/mol. The second-order valence-electron chi connectivity index (χ2n) is 5.60. The van der Waals surface area contributed by atoms with Crippen molar-refractivity contribution in [2.24, 2.45) is 4.99 Å². The zero-order chi connectivity index (χ0) is 15.6. The summed E-state index contributed by atoms with van der Waals surface area (Å²) in [6.45, 7) is 3.18. The Morgan fingerprint density at radius 1 is 1.30 bits per heavy atom. The second kappa shape index (κ2) is 5.78. The first-order valence-corrected chi connectivity index (χ1v) is 7.69. The molecule has 1 unspecified atom stereocenters. The molecule has 23 heavy (non-hydrogen) atoms. The van der Waals surface area contributed by atoms with Gasteiger partial charge in [0, 0.05) is 30.4 Å². The molecule has 0 spiro atoms. The quantitative estimate of drug-likeness (QED) is 0.853. The van der Waals surface area contributed by atoms with E-state index >= 15 is 0 Å². The summed E-state index contributed by atoms with van der Waals surface area (Å²) in [5.74, 6) is 1.08. The van der Waals surface area contributed by atoms with Crippen LogP contribution in [-0.2, 0) is 4.74 Å². The van der Waals surface area contributed by atoms with Gasteiger partial charge in [0.25, 0.3) is 0 Å². The van der Waals surface area contributed by atoms with Gasteiger partial charge in [-0.1, -0.05) is 12.1 Å². The van der Waals surface area contributed by atoms with Crippen LogP contribution in [0.3, 0.4) is 0 Å². The summed E-state index contributed by atoms with van der Waals surface area (Å²) in [6, 6.07) is 9.87. The van der Waals surface area contributed by atoms with Gasteiger partial charge in [0.15, 0.2) is 0 Å². The highest BCUT2D eigenvalue weighted by molar-refractivity contribution is 5.85. The summed E-state index contributed by atoms with van der Waals surface area (Å²) in [5.41, 5.74) is 3.90. The van der Waals surface area contributed by atoms with Gasteiger partial charge < -0.3 is 20.3 Å². The molecule has 1 saturated heterocycles. The van der Waals surface area contributed by atoms with E-state index in [2.05, 4.69) is 26.6 Å². The van der Waals surface area contributed by atoms with Crippen LogP contribution in [0.15, 0.2) is 46.9 Å². The molecule has 3 heterocycles. The lowest BCUT2D eigenvalue weighted by Gasteiger charge is -2.34. The van der Waals surface area contributed by atoms with Gasteiger partial charge in [-0.25, -0.2) is 4.99 Å². The molecule has 6 nitrogen and oxygen atoms in total. The first kappa shape index (κ1) is 13.9. The minimum Gasteiger partial charge on any atom is -0.378 e. The summed E-state index contributed by atoms with van der Waals surface area (Å²) in [6.07, 6.45) is 3.66. The van der Waals surface area contributed by atoms with E-state index in [-0.39, 0.29) is 6.17 Å². The van der Waals surface area contributed by atoms with Crippen LogP contribution in [0.4, 0.5) is 0 Å². The maximum Gasteiger partial charge on any atom is 0.150 e. The monoisotopic (exact) mass is 307 g/mol. The average molecular weight is 307 g/mol. The van der Waals surface area contributed by atoms with Crippen LogP contribution in [0.5, 0.6) is 0 Å². The Bertz CT molecular complexity index is 752. The van der Waals surface area contributed by atoms with Crippen molar-refractivity contribution < 1.29 is 4.74 Å². The average Bonchev–Trinajstić information content (AvgIpc) is 3.07. The molecule has 3 aliphatic heterocycles. The molecule has 0 aromatic heterocycles. The van der Waals surface area contributed by atoms with E-state index in [9.17, 15) is 0 Å². The smallest absolute Gasteiger partial charge is 0.150 e. The predicted octanol–water partition coefficient (Wildman–Crippen LogP) is 1.00. The third-order valence-corrected chi connectivity index (χ3v) is 4.26. The fourth-order valence-corrected chi connectivity index (χ4v) is 3.14. The highest BCUT2D eigenvalue weighted by Gasteiger charge is 2.31. The Labute approximate surface area is 134 Å². The van der Waals surface area contributed by atoms with Crippen LogP contribution in [0.2, 0.25) is 0 Å². The Morgan fingerprint density at radius 3 is 3.00 bits per heavy atom. The molecule has 116 valence electrons. The first-order chi connectivity index (χ1) is 11.4. The van der Waals surface area contributed by atoms with Gasteiger partial charge in [-0.05, 0) is 17.7 Å². The molecule has 2 N–H and O–H groups in total. The van der Waals surface area contributed by atoms with Crippen molar-refractivity contribution in [3.63, 3.8) is 0 Å². The summed E-state index contributed by atoms with van der Waals surface area (Å²) in [7, 11) is 0. The number of morpholine rings is 1. The van der Waals surface area contributed by atoms with Gasteiger partial charge in [-0.3, -0.25) is 0 Å². The SMILES string of the molecule is N#Cc1cccc(C2=CNC3N=CNC(N4CCOCC4)=C23)c1. The van der Waals surface area contributed by atoms with Gasteiger partial charge in [-0.2, -0.15) is 5.26 Å². The highest BCUT2D eigenvalue weighted by atomic mass is 16.5. The number of nitriles is 1. The van der Waals surface area contributed by atoms with Crippen molar-refractivity contribution in [2.75, 3.05) is 26.3 Å². The topological polar surface area (TPSA) is 72.7 Å². The fraction of sp³-hybridized carbons (Fsp3) is 0.294. The number of hydrogen-bond donors (Lipinski definition) is 2. The van der Waals surface area contributed by atoms with Crippen LogP contribution in [-0.4, -0.2) is 43.7 Å². The number of benzene rings is 1. The Kier molecular flexibility index (Phi) is 3.48. The van der Waals surface area contributed by atoms with Crippen LogP contribution >= 0.6 is 0 Å². The van der Waals surface area contributed by atoms with E-state index in [1.165, 1.54) is 0 Å². The minimum atomic E-state index is -0.0742. The van der Waals surface area contributed by atoms with Gasteiger partial charge >= 0.3 is 0 Å². The molecular formula is C17H17N5O. The van der Waals surface area contributed by atoms with Crippen molar-refractivity contribution in [2.45, 2.75) is 6.17 Å². The van der Waals surface area contributed by atoms with Crippen molar-refractivity contribution in [1.82, 2.24) is 15.5 Å².